The lowest BCUT2D eigenvalue weighted by Crippen LogP contribution is -2.32. The average molecular weight is 280 g/mol. The van der Waals surface area contributed by atoms with Crippen molar-refractivity contribution in [2.45, 2.75) is 18.9 Å². The van der Waals surface area contributed by atoms with Crippen molar-refractivity contribution in [3.63, 3.8) is 0 Å². The summed E-state index contributed by atoms with van der Waals surface area (Å²) in [4.78, 5) is 2.34. The number of ether oxygens (including phenoxy) is 1. The molecule has 1 saturated carbocycles. The Morgan fingerprint density at radius 3 is 2.95 bits per heavy atom. The summed E-state index contributed by atoms with van der Waals surface area (Å²) < 4.78 is 5.75. The standard InChI is InChI=1S/C15H18ClNO2/c16-13-1-4-15-12(8-13)7-11(10-19-15)9-17(5-6-18)14-2-3-14/h1,4,7-8,14,18H,2-3,5-6,9-10H2. The van der Waals surface area contributed by atoms with Crippen molar-refractivity contribution in [3.8, 4) is 5.75 Å². The lowest BCUT2D eigenvalue weighted by molar-refractivity contribution is 0.195. The summed E-state index contributed by atoms with van der Waals surface area (Å²) in [5.41, 5.74) is 2.30. The van der Waals surface area contributed by atoms with Crippen molar-refractivity contribution in [2.75, 3.05) is 26.3 Å². The molecule has 102 valence electrons. The van der Waals surface area contributed by atoms with E-state index in [0.717, 1.165) is 29.4 Å². The number of hydrogen-bond acceptors (Lipinski definition) is 3. The van der Waals surface area contributed by atoms with Gasteiger partial charge >= 0.3 is 0 Å². The van der Waals surface area contributed by atoms with Crippen LogP contribution >= 0.6 is 11.6 Å². The quantitative estimate of drug-likeness (QED) is 0.899. The van der Waals surface area contributed by atoms with E-state index in [1.165, 1.54) is 18.4 Å². The highest BCUT2D eigenvalue weighted by Crippen LogP contribution is 2.31. The van der Waals surface area contributed by atoms with E-state index in [1.807, 2.05) is 18.2 Å². The van der Waals surface area contributed by atoms with Crippen molar-refractivity contribution < 1.29 is 9.84 Å². The first kappa shape index (κ1) is 13.0. The lowest BCUT2D eigenvalue weighted by Gasteiger charge is -2.25. The molecule has 0 amide bonds. The van der Waals surface area contributed by atoms with E-state index >= 15 is 0 Å². The van der Waals surface area contributed by atoms with Gasteiger partial charge in [-0.25, -0.2) is 0 Å². The van der Waals surface area contributed by atoms with Crippen molar-refractivity contribution >= 4 is 17.7 Å². The van der Waals surface area contributed by atoms with E-state index in [4.69, 9.17) is 21.4 Å². The molecule has 0 atom stereocenters. The summed E-state index contributed by atoms with van der Waals surface area (Å²) in [6.07, 6.45) is 4.66. The minimum atomic E-state index is 0.215. The van der Waals surface area contributed by atoms with Crippen LogP contribution in [0.3, 0.4) is 0 Å². The normalized spacial score (nSPS) is 17.9. The second-order valence-corrected chi connectivity index (χ2v) is 5.64. The van der Waals surface area contributed by atoms with Crippen LogP contribution in [0.2, 0.25) is 5.02 Å². The number of aliphatic hydroxyl groups excluding tert-OH is 1. The third-order valence-electron chi connectivity index (χ3n) is 3.60. The third-order valence-corrected chi connectivity index (χ3v) is 3.84. The summed E-state index contributed by atoms with van der Waals surface area (Å²) in [5.74, 6) is 0.897. The zero-order valence-electron chi connectivity index (χ0n) is 10.8. The number of halogens is 1. The first-order valence-corrected chi connectivity index (χ1v) is 7.11. The number of hydrogen-bond donors (Lipinski definition) is 1. The Balaban J connectivity index is 1.74. The Bertz CT molecular complexity index is 497. The minimum Gasteiger partial charge on any atom is -0.489 e. The van der Waals surface area contributed by atoms with Crippen LogP contribution < -0.4 is 4.74 Å². The molecular weight excluding hydrogens is 262 g/mol. The van der Waals surface area contributed by atoms with Gasteiger partial charge in [0.05, 0.1) is 6.61 Å². The molecule has 0 aromatic heterocycles. The Kier molecular flexibility index (Phi) is 3.78. The Morgan fingerprint density at radius 2 is 2.21 bits per heavy atom. The number of aliphatic hydroxyl groups is 1. The monoisotopic (exact) mass is 279 g/mol. The Labute approximate surface area is 118 Å². The topological polar surface area (TPSA) is 32.7 Å². The smallest absolute Gasteiger partial charge is 0.127 e. The lowest BCUT2D eigenvalue weighted by atomic mass is 10.1. The third kappa shape index (κ3) is 3.11. The second kappa shape index (κ2) is 5.53. The highest BCUT2D eigenvalue weighted by molar-refractivity contribution is 6.30. The summed E-state index contributed by atoms with van der Waals surface area (Å²) in [6.45, 7) is 2.46. The maximum Gasteiger partial charge on any atom is 0.127 e. The zero-order valence-corrected chi connectivity index (χ0v) is 11.6. The van der Waals surface area contributed by atoms with Gasteiger partial charge in [0.25, 0.3) is 0 Å². The first-order chi connectivity index (χ1) is 9.26. The molecular formula is C15H18ClNO2. The molecule has 3 nitrogen and oxygen atoms in total. The van der Waals surface area contributed by atoms with E-state index in [0.29, 0.717) is 12.6 Å². The van der Waals surface area contributed by atoms with Gasteiger partial charge in [-0.2, -0.15) is 0 Å². The molecule has 1 aliphatic heterocycles. The summed E-state index contributed by atoms with van der Waals surface area (Å²) in [7, 11) is 0. The van der Waals surface area contributed by atoms with Gasteiger partial charge in [0, 0.05) is 29.7 Å². The highest BCUT2D eigenvalue weighted by Gasteiger charge is 2.29. The fraction of sp³-hybridized carbons (Fsp3) is 0.467. The van der Waals surface area contributed by atoms with Crippen LogP contribution in [-0.4, -0.2) is 42.4 Å². The largest absolute Gasteiger partial charge is 0.489 e. The molecule has 1 heterocycles. The molecule has 0 bridgehead atoms. The van der Waals surface area contributed by atoms with Crippen molar-refractivity contribution in [1.29, 1.82) is 0 Å². The van der Waals surface area contributed by atoms with Crippen LogP contribution in [0.15, 0.2) is 23.8 Å². The van der Waals surface area contributed by atoms with Crippen molar-refractivity contribution in [2.24, 2.45) is 0 Å². The molecule has 0 spiro atoms. The van der Waals surface area contributed by atoms with Gasteiger partial charge in [0.2, 0.25) is 0 Å². The number of rotatable bonds is 5. The van der Waals surface area contributed by atoms with Gasteiger partial charge in [-0.1, -0.05) is 11.6 Å². The average Bonchev–Trinajstić information content (AvgIpc) is 3.22. The number of fused-ring (bicyclic) bond motifs is 1. The van der Waals surface area contributed by atoms with Crippen LogP contribution in [0, 0.1) is 0 Å². The van der Waals surface area contributed by atoms with Gasteiger partial charge in [-0.05, 0) is 42.7 Å². The van der Waals surface area contributed by atoms with E-state index < -0.39 is 0 Å². The van der Waals surface area contributed by atoms with E-state index in [-0.39, 0.29) is 6.61 Å². The van der Waals surface area contributed by atoms with Crippen LogP contribution in [0.25, 0.3) is 6.08 Å². The molecule has 3 rings (SSSR count). The first-order valence-electron chi connectivity index (χ1n) is 6.73. The van der Waals surface area contributed by atoms with Gasteiger partial charge in [0.1, 0.15) is 12.4 Å². The summed E-state index contributed by atoms with van der Waals surface area (Å²) in [6, 6.07) is 6.34. The van der Waals surface area contributed by atoms with Crippen LogP contribution in [0.4, 0.5) is 0 Å². The molecule has 1 N–H and O–H groups in total. The molecule has 4 heteroatoms. The van der Waals surface area contributed by atoms with Crippen molar-refractivity contribution in [3.05, 3.63) is 34.4 Å². The van der Waals surface area contributed by atoms with Gasteiger partial charge in [-0.3, -0.25) is 4.90 Å². The van der Waals surface area contributed by atoms with Crippen LogP contribution in [0.1, 0.15) is 18.4 Å². The van der Waals surface area contributed by atoms with E-state index in [9.17, 15) is 0 Å². The molecule has 2 aliphatic rings. The number of nitrogens with zero attached hydrogens (tertiary/aromatic N) is 1. The number of benzene rings is 1. The fourth-order valence-corrected chi connectivity index (χ4v) is 2.69. The van der Waals surface area contributed by atoms with Crippen LogP contribution in [0.5, 0.6) is 5.75 Å². The summed E-state index contributed by atoms with van der Waals surface area (Å²) >= 11 is 6.01. The van der Waals surface area contributed by atoms with Gasteiger partial charge < -0.3 is 9.84 Å². The highest BCUT2D eigenvalue weighted by atomic mass is 35.5. The van der Waals surface area contributed by atoms with Gasteiger partial charge in [-0.15, -0.1) is 0 Å². The maximum absolute atomic E-state index is 9.13. The van der Waals surface area contributed by atoms with Crippen molar-refractivity contribution in [1.82, 2.24) is 4.90 Å². The molecule has 1 fully saturated rings. The molecule has 1 aromatic carbocycles. The van der Waals surface area contributed by atoms with Crippen LogP contribution in [-0.2, 0) is 0 Å². The maximum atomic E-state index is 9.13. The second-order valence-electron chi connectivity index (χ2n) is 5.20. The minimum absolute atomic E-state index is 0.215. The molecule has 1 aliphatic carbocycles. The molecule has 0 unspecified atom stereocenters. The molecule has 1 aromatic rings. The SMILES string of the molecule is OCCN(CC1=Cc2cc(Cl)ccc2OC1)C1CC1. The molecule has 0 saturated heterocycles. The zero-order chi connectivity index (χ0) is 13.2. The Hall–Kier alpha value is -1.03. The molecule has 19 heavy (non-hydrogen) atoms. The van der Waals surface area contributed by atoms with E-state index in [2.05, 4.69) is 11.0 Å². The Morgan fingerprint density at radius 1 is 1.37 bits per heavy atom. The predicted molar refractivity (Wildman–Crippen MR) is 76.6 cm³/mol. The van der Waals surface area contributed by atoms with E-state index in [1.54, 1.807) is 0 Å². The fourth-order valence-electron chi connectivity index (χ4n) is 2.51. The predicted octanol–water partition coefficient (Wildman–Crippen LogP) is 2.57. The molecule has 0 radical (unpaired) electrons. The van der Waals surface area contributed by atoms with Gasteiger partial charge in [0.15, 0.2) is 0 Å². The summed E-state index contributed by atoms with van der Waals surface area (Å²) in [5, 5.41) is 9.86.